The lowest BCUT2D eigenvalue weighted by Crippen LogP contribution is -2.30. The first-order chi connectivity index (χ1) is 6.70. The third kappa shape index (κ3) is 7.36. The Hall–Kier alpha value is -1.29. The molecule has 1 heterocycles. The number of aliphatic imine (C=N–C) groups is 2. The molecule has 14 heavy (non-hydrogen) atoms. The van der Waals surface area contributed by atoms with Crippen molar-refractivity contribution in [2.45, 2.75) is 13.3 Å². The summed E-state index contributed by atoms with van der Waals surface area (Å²) in [7, 11) is 3.99. The van der Waals surface area contributed by atoms with Gasteiger partial charge in [0.1, 0.15) is 0 Å². The second-order valence-corrected chi connectivity index (χ2v) is 2.78. The monoisotopic (exact) mass is 196 g/mol. The van der Waals surface area contributed by atoms with Crippen LogP contribution in [0.15, 0.2) is 15.8 Å². The van der Waals surface area contributed by atoms with Gasteiger partial charge >= 0.3 is 0 Å². The van der Waals surface area contributed by atoms with Crippen molar-refractivity contribution in [1.29, 1.82) is 0 Å². The smallest absolute Gasteiger partial charge is 0.238 e. The standard InChI is InChI=1S/C5H14N2.C4H2N2O/c1-4-5-6-7(2)3;7-3-4-5-1-2-6-4/h6H,4-5H2,1-3H3;1-2H. The molecule has 0 aromatic rings. The average Bonchev–Trinajstić information content (AvgIpc) is 2.68. The summed E-state index contributed by atoms with van der Waals surface area (Å²) in [6, 6.07) is 0. The van der Waals surface area contributed by atoms with E-state index in [9.17, 15) is 4.79 Å². The van der Waals surface area contributed by atoms with E-state index in [0.29, 0.717) is 0 Å². The van der Waals surface area contributed by atoms with Crippen LogP contribution < -0.4 is 5.43 Å². The zero-order valence-electron chi connectivity index (χ0n) is 8.82. The maximum atomic E-state index is 9.62. The van der Waals surface area contributed by atoms with E-state index in [2.05, 4.69) is 22.3 Å². The van der Waals surface area contributed by atoms with Crippen LogP contribution in [0.4, 0.5) is 0 Å². The molecule has 0 bridgehead atoms. The molecule has 78 valence electrons. The van der Waals surface area contributed by atoms with Gasteiger partial charge in [-0.2, -0.15) is 0 Å². The van der Waals surface area contributed by atoms with Crippen LogP contribution >= 0.6 is 0 Å². The van der Waals surface area contributed by atoms with E-state index in [1.807, 2.05) is 19.1 Å². The predicted octanol–water partition coefficient (Wildman–Crippen LogP) is 0.277. The molecule has 0 amide bonds. The van der Waals surface area contributed by atoms with Gasteiger partial charge in [0.25, 0.3) is 0 Å². The molecule has 1 aliphatic heterocycles. The summed E-state index contributed by atoms with van der Waals surface area (Å²) in [6.07, 6.45) is 4.08. The van der Waals surface area contributed by atoms with E-state index in [-0.39, 0.29) is 5.82 Å². The van der Waals surface area contributed by atoms with Gasteiger partial charge in [-0.05, 0) is 6.42 Å². The second-order valence-electron chi connectivity index (χ2n) is 2.78. The molecule has 0 radical (unpaired) electrons. The number of hydrogen-bond acceptors (Lipinski definition) is 5. The van der Waals surface area contributed by atoms with Gasteiger partial charge in [0.05, 0.1) is 0 Å². The van der Waals surface area contributed by atoms with Crippen LogP contribution in [-0.4, -0.2) is 44.0 Å². The van der Waals surface area contributed by atoms with Crippen molar-refractivity contribution < 1.29 is 4.79 Å². The fourth-order valence-corrected chi connectivity index (χ4v) is 0.629. The summed E-state index contributed by atoms with van der Waals surface area (Å²) in [4.78, 5) is 16.6. The molecule has 0 atom stereocenters. The van der Waals surface area contributed by atoms with Crippen LogP contribution in [0.3, 0.4) is 0 Å². The Balaban J connectivity index is 0.000000241. The summed E-state index contributed by atoms with van der Waals surface area (Å²) >= 11 is 0. The third-order valence-corrected chi connectivity index (χ3v) is 1.23. The number of nitrogens with zero attached hydrogens (tertiary/aromatic N) is 3. The Morgan fingerprint density at radius 3 is 2.21 bits per heavy atom. The Kier molecular flexibility index (Phi) is 7.55. The quantitative estimate of drug-likeness (QED) is 0.521. The highest BCUT2D eigenvalue weighted by Crippen LogP contribution is 1.93. The average molecular weight is 196 g/mol. The molecule has 0 saturated heterocycles. The normalized spacial score (nSPS) is 12.7. The van der Waals surface area contributed by atoms with Gasteiger partial charge in [0.2, 0.25) is 5.82 Å². The minimum atomic E-state index is 0.125. The second kappa shape index (κ2) is 8.31. The van der Waals surface area contributed by atoms with Crippen molar-refractivity contribution in [2.75, 3.05) is 20.6 Å². The van der Waals surface area contributed by atoms with E-state index in [0.717, 1.165) is 6.54 Å². The maximum Gasteiger partial charge on any atom is 0.238 e. The van der Waals surface area contributed by atoms with Gasteiger partial charge in [-0.3, -0.25) is 10.4 Å². The molecular formula is C9H16N4O. The molecule has 0 fully saturated rings. The minimum absolute atomic E-state index is 0.125. The Morgan fingerprint density at radius 1 is 1.43 bits per heavy atom. The molecule has 0 aromatic carbocycles. The first-order valence-corrected chi connectivity index (χ1v) is 4.43. The summed E-state index contributed by atoms with van der Waals surface area (Å²) < 4.78 is 0. The van der Waals surface area contributed by atoms with Gasteiger partial charge in [-0.1, -0.05) is 6.92 Å². The Morgan fingerprint density at radius 2 is 2.00 bits per heavy atom. The van der Waals surface area contributed by atoms with Crippen molar-refractivity contribution in [3.8, 4) is 0 Å². The van der Waals surface area contributed by atoms with Crippen LogP contribution in [-0.2, 0) is 4.79 Å². The molecule has 0 aromatic heterocycles. The van der Waals surface area contributed by atoms with Crippen LogP contribution in [0, 0.1) is 0 Å². The summed E-state index contributed by atoms with van der Waals surface area (Å²) in [6.45, 7) is 3.23. The van der Waals surface area contributed by atoms with Gasteiger partial charge < -0.3 is 0 Å². The molecular weight excluding hydrogens is 180 g/mol. The SMILES string of the molecule is CCCNN(C)C.O=C=C1N=CC=N1. The molecule has 1 rings (SSSR count). The lowest BCUT2D eigenvalue weighted by molar-refractivity contribution is 0.291. The molecule has 5 heteroatoms. The summed E-state index contributed by atoms with van der Waals surface area (Å²) in [5.41, 5.74) is 3.13. The lowest BCUT2D eigenvalue weighted by Gasteiger charge is -2.08. The van der Waals surface area contributed by atoms with E-state index in [1.165, 1.54) is 24.8 Å². The summed E-state index contributed by atoms with van der Waals surface area (Å²) in [5.74, 6) is 1.66. The minimum Gasteiger partial charge on any atom is -0.256 e. The topological polar surface area (TPSA) is 57.1 Å². The van der Waals surface area contributed by atoms with Crippen molar-refractivity contribution in [2.24, 2.45) is 9.98 Å². The number of hydrazine groups is 1. The molecule has 5 nitrogen and oxygen atoms in total. The maximum absolute atomic E-state index is 9.62. The number of carbonyl (C=O) groups excluding carboxylic acids is 1. The molecule has 0 unspecified atom stereocenters. The van der Waals surface area contributed by atoms with Gasteiger partial charge in [-0.15, -0.1) is 0 Å². The first-order valence-electron chi connectivity index (χ1n) is 4.43. The number of hydrogen-bond donors (Lipinski definition) is 1. The highest BCUT2D eigenvalue weighted by molar-refractivity contribution is 6.18. The first kappa shape index (κ1) is 12.7. The van der Waals surface area contributed by atoms with E-state index in [1.54, 1.807) is 0 Å². The third-order valence-electron chi connectivity index (χ3n) is 1.23. The predicted molar refractivity (Wildman–Crippen MR) is 58.2 cm³/mol. The zero-order valence-corrected chi connectivity index (χ0v) is 8.82. The van der Waals surface area contributed by atoms with Crippen LogP contribution in [0.1, 0.15) is 13.3 Å². The number of nitrogens with one attached hydrogen (secondary N) is 1. The molecule has 0 spiro atoms. The van der Waals surface area contributed by atoms with Crippen LogP contribution in [0.5, 0.6) is 0 Å². The van der Waals surface area contributed by atoms with E-state index in [4.69, 9.17) is 0 Å². The van der Waals surface area contributed by atoms with Gasteiger partial charge in [0.15, 0.2) is 5.94 Å². The highest BCUT2D eigenvalue weighted by atomic mass is 16.1. The molecule has 1 N–H and O–H groups in total. The number of rotatable bonds is 3. The van der Waals surface area contributed by atoms with Crippen molar-refractivity contribution in [3.63, 3.8) is 0 Å². The van der Waals surface area contributed by atoms with Crippen molar-refractivity contribution in [1.82, 2.24) is 10.4 Å². The van der Waals surface area contributed by atoms with E-state index < -0.39 is 0 Å². The lowest BCUT2D eigenvalue weighted by atomic mass is 10.5. The summed E-state index contributed by atoms with van der Waals surface area (Å²) in [5, 5.41) is 1.96. The highest BCUT2D eigenvalue weighted by Gasteiger charge is 1.89. The van der Waals surface area contributed by atoms with Crippen LogP contribution in [0.2, 0.25) is 0 Å². The zero-order chi connectivity index (χ0) is 10.8. The van der Waals surface area contributed by atoms with Crippen molar-refractivity contribution in [3.05, 3.63) is 5.82 Å². The molecule has 1 aliphatic rings. The largest absolute Gasteiger partial charge is 0.256 e. The fraction of sp³-hybridized carbons (Fsp3) is 0.556. The Labute approximate surface area is 84.2 Å². The molecule has 0 saturated carbocycles. The van der Waals surface area contributed by atoms with Crippen molar-refractivity contribution >= 4 is 18.4 Å². The fourth-order valence-electron chi connectivity index (χ4n) is 0.629. The molecule has 0 aliphatic carbocycles. The van der Waals surface area contributed by atoms with Crippen LogP contribution in [0.25, 0.3) is 0 Å². The van der Waals surface area contributed by atoms with Gasteiger partial charge in [-0.25, -0.2) is 14.8 Å². The Bertz CT molecular complexity index is 238. The van der Waals surface area contributed by atoms with E-state index >= 15 is 0 Å². The van der Waals surface area contributed by atoms with Gasteiger partial charge in [0, 0.05) is 33.1 Å².